The summed E-state index contributed by atoms with van der Waals surface area (Å²) in [5, 5.41) is 5.66. The standard InChI is InChI=1S/C17H22N4OS/c1-10-15(11(2)20(3)19-10)13-5-4-8-21(13)17(22)14-9-18-16(23-14)12-6-7-12/h9,12-13H,4-8H2,1-3H3. The van der Waals surface area contributed by atoms with Crippen LogP contribution >= 0.6 is 11.3 Å². The van der Waals surface area contributed by atoms with Gasteiger partial charge in [0.15, 0.2) is 0 Å². The number of rotatable bonds is 3. The molecule has 1 aliphatic carbocycles. The van der Waals surface area contributed by atoms with Crippen LogP contribution in [0.4, 0.5) is 0 Å². The lowest BCUT2D eigenvalue weighted by atomic mass is 10.0. The highest BCUT2D eigenvalue weighted by atomic mass is 32.1. The molecule has 1 saturated heterocycles. The first-order chi connectivity index (χ1) is 11.1. The van der Waals surface area contributed by atoms with Gasteiger partial charge in [-0.1, -0.05) is 0 Å². The highest BCUT2D eigenvalue weighted by Gasteiger charge is 2.35. The number of amides is 1. The van der Waals surface area contributed by atoms with Crippen LogP contribution < -0.4 is 0 Å². The van der Waals surface area contributed by atoms with Crippen molar-refractivity contribution in [2.75, 3.05) is 6.54 Å². The van der Waals surface area contributed by atoms with Crippen molar-refractivity contribution >= 4 is 17.2 Å². The zero-order valence-electron chi connectivity index (χ0n) is 13.9. The first-order valence-electron chi connectivity index (χ1n) is 8.33. The van der Waals surface area contributed by atoms with E-state index >= 15 is 0 Å². The topological polar surface area (TPSA) is 51.0 Å². The molecule has 2 aliphatic rings. The van der Waals surface area contributed by atoms with Gasteiger partial charge in [0.1, 0.15) is 4.88 Å². The number of aryl methyl sites for hydroxylation is 2. The van der Waals surface area contributed by atoms with Gasteiger partial charge in [-0.3, -0.25) is 9.48 Å². The third-order valence-electron chi connectivity index (χ3n) is 5.07. The fourth-order valence-corrected chi connectivity index (χ4v) is 4.67. The van der Waals surface area contributed by atoms with E-state index in [9.17, 15) is 4.79 Å². The number of nitrogens with zero attached hydrogens (tertiary/aromatic N) is 4. The average Bonchev–Trinajstić information content (AvgIpc) is 2.96. The molecule has 5 nitrogen and oxygen atoms in total. The first-order valence-corrected chi connectivity index (χ1v) is 9.14. The van der Waals surface area contributed by atoms with Crippen LogP contribution in [0.25, 0.3) is 0 Å². The van der Waals surface area contributed by atoms with Gasteiger partial charge < -0.3 is 4.90 Å². The maximum Gasteiger partial charge on any atom is 0.266 e. The lowest BCUT2D eigenvalue weighted by Gasteiger charge is -2.24. The predicted molar refractivity (Wildman–Crippen MR) is 89.8 cm³/mol. The molecule has 0 N–H and O–H groups in total. The normalized spacial score (nSPS) is 21.2. The summed E-state index contributed by atoms with van der Waals surface area (Å²) in [6.45, 7) is 4.96. The Morgan fingerprint density at radius 1 is 1.30 bits per heavy atom. The van der Waals surface area contributed by atoms with E-state index < -0.39 is 0 Å². The lowest BCUT2D eigenvalue weighted by molar-refractivity contribution is 0.0739. The van der Waals surface area contributed by atoms with Crippen molar-refractivity contribution in [2.24, 2.45) is 7.05 Å². The number of likely N-dealkylation sites (tertiary alicyclic amines) is 1. The molecule has 0 aromatic carbocycles. The average molecular weight is 330 g/mol. The summed E-state index contributed by atoms with van der Waals surface area (Å²) in [5.41, 5.74) is 3.43. The molecular weight excluding hydrogens is 308 g/mol. The van der Waals surface area contributed by atoms with E-state index in [1.807, 2.05) is 23.6 Å². The number of carbonyl (C=O) groups is 1. The number of hydrogen-bond acceptors (Lipinski definition) is 4. The maximum absolute atomic E-state index is 13.0. The van der Waals surface area contributed by atoms with Gasteiger partial charge in [0.05, 0.1) is 22.9 Å². The van der Waals surface area contributed by atoms with Crippen LogP contribution in [0.5, 0.6) is 0 Å². The number of thiazole rings is 1. The third kappa shape index (κ3) is 2.49. The molecule has 0 bridgehead atoms. The van der Waals surface area contributed by atoms with Crippen molar-refractivity contribution < 1.29 is 4.79 Å². The van der Waals surface area contributed by atoms with Gasteiger partial charge >= 0.3 is 0 Å². The fourth-order valence-electron chi connectivity index (χ4n) is 3.63. The predicted octanol–water partition coefficient (Wildman–Crippen LogP) is 3.35. The first kappa shape index (κ1) is 14.9. The van der Waals surface area contributed by atoms with Crippen molar-refractivity contribution in [3.8, 4) is 0 Å². The van der Waals surface area contributed by atoms with Crippen LogP contribution in [0, 0.1) is 13.8 Å². The Labute approximate surface area is 140 Å². The van der Waals surface area contributed by atoms with Crippen LogP contribution in [0.1, 0.15) is 69.3 Å². The molecule has 2 aromatic rings. The molecule has 1 saturated carbocycles. The number of aromatic nitrogens is 3. The highest BCUT2D eigenvalue weighted by Crippen LogP contribution is 2.42. The van der Waals surface area contributed by atoms with E-state index in [1.165, 1.54) is 18.4 Å². The van der Waals surface area contributed by atoms with Crippen molar-refractivity contribution in [2.45, 2.75) is 51.5 Å². The molecule has 2 aromatic heterocycles. The van der Waals surface area contributed by atoms with Crippen LogP contribution in [-0.4, -0.2) is 32.1 Å². The minimum absolute atomic E-state index is 0.138. The summed E-state index contributed by atoms with van der Waals surface area (Å²) in [6.07, 6.45) is 6.30. The minimum atomic E-state index is 0.138. The Morgan fingerprint density at radius 2 is 2.09 bits per heavy atom. The molecule has 1 amide bonds. The second kappa shape index (κ2) is 5.44. The molecule has 0 spiro atoms. The Kier molecular flexibility index (Phi) is 3.52. The van der Waals surface area contributed by atoms with Gasteiger partial charge in [0.25, 0.3) is 5.91 Å². The summed E-state index contributed by atoms with van der Waals surface area (Å²) in [6, 6.07) is 0.155. The molecule has 0 radical (unpaired) electrons. The molecule has 1 aliphatic heterocycles. The monoisotopic (exact) mass is 330 g/mol. The SMILES string of the molecule is Cc1nn(C)c(C)c1C1CCCN1C(=O)c1cnc(C2CC2)s1. The molecule has 122 valence electrons. The molecular formula is C17H22N4OS. The Hall–Kier alpha value is -1.69. The van der Waals surface area contributed by atoms with E-state index in [0.717, 1.165) is 40.7 Å². The van der Waals surface area contributed by atoms with Gasteiger partial charge in [-0.2, -0.15) is 5.10 Å². The maximum atomic E-state index is 13.0. The van der Waals surface area contributed by atoms with E-state index in [0.29, 0.717) is 5.92 Å². The molecule has 4 rings (SSSR count). The lowest BCUT2D eigenvalue weighted by Crippen LogP contribution is -2.30. The van der Waals surface area contributed by atoms with Gasteiger partial charge in [0, 0.05) is 30.8 Å². The third-order valence-corrected chi connectivity index (χ3v) is 6.22. The second-order valence-corrected chi connectivity index (χ2v) is 7.76. The zero-order chi connectivity index (χ0) is 16.1. The van der Waals surface area contributed by atoms with Crippen molar-refractivity contribution in [1.82, 2.24) is 19.7 Å². The van der Waals surface area contributed by atoms with Gasteiger partial charge in [-0.15, -0.1) is 11.3 Å². The summed E-state index contributed by atoms with van der Waals surface area (Å²) in [7, 11) is 1.97. The second-order valence-electron chi connectivity index (χ2n) is 6.70. The molecule has 3 heterocycles. The van der Waals surface area contributed by atoms with Crippen molar-refractivity contribution in [3.63, 3.8) is 0 Å². The van der Waals surface area contributed by atoms with Crippen LogP contribution in [0.15, 0.2) is 6.20 Å². The number of carbonyl (C=O) groups excluding carboxylic acids is 1. The van der Waals surface area contributed by atoms with Gasteiger partial charge in [-0.05, 0) is 39.5 Å². The smallest absolute Gasteiger partial charge is 0.266 e. The van der Waals surface area contributed by atoms with Crippen LogP contribution in [0.2, 0.25) is 0 Å². The van der Waals surface area contributed by atoms with Crippen LogP contribution in [-0.2, 0) is 7.05 Å². The van der Waals surface area contributed by atoms with Gasteiger partial charge in [0.2, 0.25) is 0 Å². The summed E-state index contributed by atoms with van der Waals surface area (Å²) < 4.78 is 1.92. The number of hydrogen-bond donors (Lipinski definition) is 0. The molecule has 2 fully saturated rings. The van der Waals surface area contributed by atoms with Crippen LogP contribution in [0.3, 0.4) is 0 Å². The zero-order valence-corrected chi connectivity index (χ0v) is 14.7. The summed E-state index contributed by atoms with van der Waals surface area (Å²) >= 11 is 1.59. The fraction of sp³-hybridized carbons (Fsp3) is 0.588. The van der Waals surface area contributed by atoms with Crippen molar-refractivity contribution in [3.05, 3.63) is 33.0 Å². The Morgan fingerprint density at radius 3 is 2.74 bits per heavy atom. The Balaban J connectivity index is 1.62. The highest BCUT2D eigenvalue weighted by molar-refractivity contribution is 7.13. The van der Waals surface area contributed by atoms with Gasteiger partial charge in [-0.25, -0.2) is 4.98 Å². The summed E-state index contributed by atoms with van der Waals surface area (Å²) in [4.78, 5) is 20.3. The molecule has 6 heteroatoms. The Bertz CT molecular complexity index is 759. The molecule has 1 unspecified atom stereocenters. The van der Waals surface area contributed by atoms with E-state index in [1.54, 1.807) is 17.5 Å². The minimum Gasteiger partial charge on any atom is -0.331 e. The summed E-state index contributed by atoms with van der Waals surface area (Å²) in [5.74, 6) is 0.748. The van der Waals surface area contributed by atoms with E-state index in [2.05, 4.69) is 17.0 Å². The molecule has 23 heavy (non-hydrogen) atoms. The van der Waals surface area contributed by atoms with Crippen molar-refractivity contribution in [1.29, 1.82) is 0 Å². The quantitative estimate of drug-likeness (QED) is 0.867. The largest absolute Gasteiger partial charge is 0.331 e. The van der Waals surface area contributed by atoms with E-state index in [4.69, 9.17) is 0 Å². The van der Waals surface area contributed by atoms with E-state index in [-0.39, 0.29) is 11.9 Å². The molecule has 1 atom stereocenters.